The third-order valence-corrected chi connectivity index (χ3v) is 4.04. The van der Waals surface area contributed by atoms with Gasteiger partial charge in [0.25, 0.3) is 0 Å². The summed E-state index contributed by atoms with van der Waals surface area (Å²) in [6.45, 7) is 5.28. The molecule has 0 atom stereocenters. The summed E-state index contributed by atoms with van der Waals surface area (Å²) >= 11 is 3.39. The van der Waals surface area contributed by atoms with Crippen molar-refractivity contribution in [3.05, 3.63) is 58.1 Å². The third kappa shape index (κ3) is 4.42. The van der Waals surface area contributed by atoms with Gasteiger partial charge in [0.15, 0.2) is 0 Å². The van der Waals surface area contributed by atoms with Gasteiger partial charge in [0.1, 0.15) is 6.54 Å². The smallest absolute Gasteiger partial charge is 0.244 e. The molecule has 120 valence electrons. The van der Waals surface area contributed by atoms with Gasteiger partial charge in [0.05, 0.1) is 0 Å². The van der Waals surface area contributed by atoms with E-state index in [2.05, 4.69) is 21.2 Å². The Hall–Kier alpha value is -2.14. The Morgan fingerprint density at radius 2 is 1.78 bits per heavy atom. The zero-order valence-electron chi connectivity index (χ0n) is 13.4. The van der Waals surface area contributed by atoms with E-state index in [1.54, 1.807) is 0 Å². The molecule has 0 aliphatic heterocycles. The van der Waals surface area contributed by atoms with E-state index in [0.29, 0.717) is 0 Å². The van der Waals surface area contributed by atoms with Gasteiger partial charge in [-0.15, -0.1) is 0 Å². The molecule has 2 aromatic carbocycles. The van der Waals surface area contributed by atoms with Gasteiger partial charge < -0.3 is 10.2 Å². The van der Waals surface area contributed by atoms with Crippen LogP contribution in [-0.2, 0) is 9.59 Å². The summed E-state index contributed by atoms with van der Waals surface area (Å²) in [4.78, 5) is 25.8. The number of nitrogens with zero attached hydrogens (tertiary/aromatic N) is 1. The molecule has 0 aromatic heterocycles. The fourth-order valence-electron chi connectivity index (χ4n) is 2.33. The molecular formula is C18H19BrN2O2. The van der Waals surface area contributed by atoms with E-state index in [0.717, 1.165) is 27.0 Å². The van der Waals surface area contributed by atoms with Gasteiger partial charge >= 0.3 is 0 Å². The summed E-state index contributed by atoms with van der Waals surface area (Å²) in [5, 5.41) is 2.86. The van der Waals surface area contributed by atoms with Crippen LogP contribution in [0.3, 0.4) is 0 Å². The zero-order chi connectivity index (χ0) is 17.0. The van der Waals surface area contributed by atoms with Crippen molar-refractivity contribution in [3.63, 3.8) is 0 Å². The number of carbonyl (C=O) groups is 2. The fourth-order valence-corrected chi connectivity index (χ4v) is 2.81. The maximum absolute atomic E-state index is 12.3. The molecule has 23 heavy (non-hydrogen) atoms. The highest BCUT2D eigenvalue weighted by Gasteiger charge is 2.17. The monoisotopic (exact) mass is 374 g/mol. The molecule has 0 aliphatic carbocycles. The molecule has 0 saturated heterocycles. The van der Waals surface area contributed by atoms with Crippen LogP contribution in [0.4, 0.5) is 11.4 Å². The van der Waals surface area contributed by atoms with Crippen LogP contribution in [0, 0.1) is 13.8 Å². The molecule has 4 nitrogen and oxygen atoms in total. The standard InChI is InChI=1S/C18H19BrN2O2/c1-12-6-4-5-7-17(12)21(14(3)22)11-18(23)20-16-9-8-15(19)10-13(16)2/h4-10H,11H2,1-3H3,(H,20,23). The molecule has 0 radical (unpaired) electrons. The second kappa shape index (κ2) is 7.42. The van der Waals surface area contributed by atoms with E-state index >= 15 is 0 Å². The number of benzene rings is 2. The number of hydrogen-bond acceptors (Lipinski definition) is 2. The Labute approximate surface area is 144 Å². The molecule has 2 amide bonds. The summed E-state index contributed by atoms with van der Waals surface area (Å²) in [7, 11) is 0. The van der Waals surface area contributed by atoms with Crippen molar-refractivity contribution < 1.29 is 9.59 Å². The predicted octanol–water partition coefficient (Wildman–Crippen LogP) is 4.06. The van der Waals surface area contributed by atoms with Crippen LogP contribution in [0.1, 0.15) is 18.1 Å². The summed E-state index contributed by atoms with van der Waals surface area (Å²) in [5.41, 5.74) is 3.41. The molecule has 0 bridgehead atoms. The Balaban J connectivity index is 2.16. The van der Waals surface area contributed by atoms with Gasteiger partial charge in [0.2, 0.25) is 11.8 Å². The number of para-hydroxylation sites is 1. The van der Waals surface area contributed by atoms with Crippen molar-refractivity contribution in [2.45, 2.75) is 20.8 Å². The molecule has 0 aliphatic rings. The topological polar surface area (TPSA) is 49.4 Å². The maximum atomic E-state index is 12.3. The highest BCUT2D eigenvalue weighted by Crippen LogP contribution is 2.22. The minimum Gasteiger partial charge on any atom is -0.324 e. The van der Waals surface area contributed by atoms with E-state index in [1.807, 2.05) is 56.3 Å². The SMILES string of the molecule is CC(=O)N(CC(=O)Nc1ccc(Br)cc1C)c1ccccc1C. The lowest BCUT2D eigenvalue weighted by atomic mass is 10.1. The fraction of sp³-hybridized carbons (Fsp3) is 0.222. The number of carbonyl (C=O) groups excluding carboxylic acids is 2. The lowest BCUT2D eigenvalue weighted by molar-refractivity contribution is -0.120. The third-order valence-electron chi connectivity index (χ3n) is 3.55. The van der Waals surface area contributed by atoms with Crippen molar-refractivity contribution >= 4 is 39.1 Å². The molecule has 5 heteroatoms. The second-order valence-corrected chi connectivity index (χ2v) is 6.31. The normalized spacial score (nSPS) is 10.3. The average Bonchev–Trinajstić information content (AvgIpc) is 2.48. The van der Waals surface area contributed by atoms with Gasteiger partial charge in [-0.05, 0) is 49.2 Å². The Kier molecular flexibility index (Phi) is 5.55. The molecule has 2 rings (SSSR count). The molecule has 0 fully saturated rings. The number of amides is 2. The summed E-state index contributed by atoms with van der Waals surface area (Å²) < 4.78 is 0.957. The van der Waals surface area contributed by atoms with Crippen LogP contribution in [-0.4, -0.2) is 18.4 Å². The summed E-state index contributed by atoms with van der Waals surface area (Å²) in [6.07, 6.45) is 0. The van der Waals surface area contributed by atoms with Crippen LogP contribution in [0.5, 0.6) is 0 Å². The van der Waals surface area contributed by atoms with Crippen LogP contribution in [0.15, 0.2) is 46.9 Å². The van der Waals surface area contributed by atoms with Crippen molar-refractivity contribution in [2.75, 3.05) is 16.8 Å². The Morgan fingerprint density at radius 1 is 1.09 bits per heavy atom. The first-order chi connectivity index (χ1) is 10.9. The molecule has 0 spiro atoms. The first-order valence-electron chi connectivity index (χ1n) is 7.28. The van der Waals surface area contributed by atoms with Crippen molar-refractivity contribution in [3.8, 4) is 0 Å². The number of rotatable bonds is 4. The number of halogens is 1. The van der Waals surface area contributed by atoms with Gasteiger partial charge in [0, 0.05) is 22.8 Å². The van der Waals surface area contributed by atoms with Crippen LogP contribution in [0.2, 0.25) is 0 Å². The lowest BCUT2D eigenvalue weighted by Gasteiger charge is -2.22. The van der Waals surface area contributed by atoms with E-state index in [9.17, 15) is 9.59 Å². The summed E-state index contributed by atoms with van der Waals surface area (Å²) in [6, 6.07) is 13.2. The molecule has 0 unspecified atom stereocenters. The molecule has 2 aromatic rings. The first-order valence-corrected chi connectivity index (χ1v) is 8.07. The quantitative estimate of drug-likeness (QED) is 0.876. The van der Waals surface area contributed by atoms with E-state index in [-0.39, 0.29) is 18.4 Å². The largest absolute Gasteiger partial charge is 0.324 e. The number of aryl methyl sites for hydroxylation is 2. The minimum absolute atomic E-state index is 0.0182. The van der Waals surface area contributed by atoms with Crippen LogP contribution >= 0.6 is 15.9 Å². The number of hydrogen-bond donors (Lipinski definition) is 1. The highest BCUT2D eigenvalue weighted by atomic mass is 79.9. The molecule has 0 heterocycles. The average molecular weight is 375 g/mol. The minimum atomic E-state index is -0.228. The van der Waals surface area contributed by atoms with Crippen molar-refractivity contribution in [2.24, 2.45) is 0 Å². The number of nitrogens with one attached hydrogen (secondary N) is 1. The molecular weight excluding hydrogens is 356 g/mol. The molecule has 0 saturated carbocycles. The number of anilines is 2. The highest BCUT2D eigenvalue weighted by molar-refractivity contribution is 9.10. The van der Waals surface area contributed by atoms with E-state index in [4.69, 9.17) is 0 Å². The lowest BCUT2D eigenvalue weighted by Crippen LogP contribution is -2.37. The zero-order valence-corrected chi connectivity index (χ0v) is 15.0. The molecule has 1 N–H and O–H groups in total. The van der Waals surface area contributed by atoms with Crippen molar-refractivity contribution in [1.29, 1.82) is 0 Å². The second-order valence-electron chi connectivity index (χ2n) is 5.40. The van der Waals surface area contributed by atoms with E-state index < -0.39 is 0 Å². The van der Waals surface area contributed by atoms with Crippen LogP contribution in [0.25, 0.3) is 0 Å². The predicted molar refractivity (Wildman–Crippen MR) is 96.7 cm³/mol. The first kappa shape index (κ1) is 17.2. The Morgan fingerprint density at radius 3 is 2.39 bits per heavy atom. The van der Waals surface area contributed by atoms with Crippen molar-refractivity contribution in [1.82, 2.24) is 0 Å². The van der Waals surface area contributed by atoms with Crippen LogP contribution < -0.4 is 10.2 Å². The summed E-state index contributed by atoms with van der Waals surface area (Å²) in [5.74, 6) is -0.393. The van der Waals surface area contributed by atoms with E-state index in [1.165, 1.54) is 11.8 Å². The van der Waals surface area contributed by atoms with Gasteiger partial charge in [-0.2, -0.15) is 0 Å². The maximum Gasteiger partial charge on any atom is 0.244 e. The van der Waals surface area contributed by atoms with Gasteiger partial charge in [-0.25, -0.2) is 0 Å². The Bertz CT molecular complexity index is 744. The van der Waals surface area contributed by atoms with Gasteiger partial charge in [-0.3, -0.25) is 9.59 Å². The van der Waals surface area contributed by atoms with Gasteiger partial charge in [-0.1, -0.05) is 34.1 Å².